The highest BCUT2D eigenvalue weighted by atomic mass is 32.2. The Hall–Kier alpha value is -1.47. The fraction of sp³-hybridized carbons (Fsp3) is 0.250. The third-order valence-corrected chi connectivity index (χ3v) is 4.26. The molecular weight excluding hydrogens is 285 g/mol. The lowest BCUT2D eigenvalue weighted by Gasteiger charge is -2.16. The molecule has 0 atom stereocenters. The number of rotatable bonds is 5. The van der Waals surface area contributed by atoms with Crippen LogP contribution in [0.1, 0.15) is 5.56 Å². The van der Waals surface area contributed by atoms with Gasteiger partial charge in [0.15, 0.2) is 4.34 Å². The molecule has 1 amide bonds. The summed E-state index contributed by atoms with van der Waals surface area (Å²) in [6.07, 6.45) is 0. The van der Waals surface area contributed by atoms with Gasteiger partial charge in [0.05, 0.1) is 5.75 Å². The fourth-order valence-corrected chi connectivity index (χ4v) is 2.84. The molecule has 0 unspecified atom stereocenters. The van der Waals surface area contributed by atoms with Gasteiger partial charge in [0.25, 0.3) is 0 Å². The molecule has 2 aromatic rings. The van der Waals surface area contributed by atoms with Gasteiger partial charge in [-0.15, -0.1) is 10.2 Å². The lowest BCUT2D eigenvalue weighted by atomic mass is 10.2. The van der Waals surface area contributed by atoms with Gasteiger partial charge in [-0.1, -0.05) is 35.2 Å². The van der Waals surface area contributed by atoms with E-state index in [-0.39, 0.29) is 11.7 Å². The molecule has 0 aliphatic rings. The Balaban J connectivity index is 1.83. The third kappa shape index (κ3) is 4.29. The zero-order valence-corrected chi connectivity index (χ0v) is 11.9. The number of hydrogen-bond acceptors (Lipinski definition) is 5. The van der Waals surface area contributed by atoms with Crippen molar-refractivity contribution < 1.29 is 9.18 Å². The molecule has 1 aromatic heterocycles. The second kappa shape index (κ2) is 6.63. The van der Waals surface area contributed by atoms with Crippen molar-refractivity contribution in [1.29, 1.82) is 0 Å². The Bertz CT molecular complexity index is 530. The lowest BCUT2D eigenvalue weighted by molar-refractivity contribution is -0.127. The number of amides is 1. The maximum absolute atomic E-state index is 12.8. The lowest BCUT2D eigenvalue weighted by Crippen LogP contribution is -2.27. The van der Waals surface area contributed by atoms with Crippen LogP contribution in [0.2, 0.25) is 0 Å². The van der Waals surface area contributed by atoms with Gasteiger partial charge in [-0.05, 0) is 17.7 Å². The normalized spacial score (nSPS) is 10.4. The molecule has 1 aromatic carbocycles. The number of nitrogens with zero attached hydrogens (tertiary/aromatic N) is 3. The van der Waals surface area contributed by atoms with E-state index in [4.69, 9.17) is 0 Å². The summed E-state index contributed by atoms with van der Waals surface area (Å²) in [5.74, 6) is 0.0569. The van der Waals surface area contributed by atoms with Crippen molar-refractivity contribution in [2.45, 2.75) is 10.9 Å². The zero-order chi connectivity index (χ0) is 13.7. The molecule has 0 aliphatic heterocycles. The summed E-state index contributed by atoms with van der Waals surface area (Å²) in [7, 11) is 1.73. The van der Waals surface area contributed by atoms with Crippen LogP contribution in [-0.4, -0.2) is 33.8 Å². The molecule has 0 spiro atoms. The number of carbonyl (C=O) groups excluding carboxylic acids is 1. The minimum Gasteiger partial charge on any atom is -0.341 e. The number of halogens is 1. The average molecular weight is 297 g/mol. The summed E-state index contributed by atoms with van der Waals surface area (Å²) < 4.78 is 13.5. The maximum Gasteiger partial charge on any atom is 0.233 e. The summed E-state index contributed by atoms with van der Waals surface area (Å²) in [5, 5.41) is 7.57. The van der Waals surface area contributed by atoms with Crippen molar-refractivity contribution in [3.05, 3.63) is 41.2 Å². The smallest absolute Gasteiger partial charge is 0.233 e. The van der Waals surface area contributed by atoms with Crippen molar-refractivity contribution in [3.63, 3.8) is 0 Å². The SMILES string of the molecule is CN(Cc1ccc(F)cc1)C(=O)CSc1nncs1. The van der Waals surface area contributed by atoms with Crippen molar-refractivity contribution in [3.8, 4) is 0 Å². The fourth-order valence-electron chi connectivity index (χ4n) is 1.41. The van der Waals surface area contributed by atoms with Gasteiger partial charge >= 0.3 is 0 Å². The van der Waals surface area contributed by atoms with Crippen LogP contribution in [0.4, 0.5) is 4.39 Å². The van der Waals surface area contributed by atoms with Crippen molar-refractivity contribution >= 4 is 29.0 Å². The molecule has 0 saturated heterocycles. The van der Waals surface area contributed by atoms with Crippen molar-refractivity contribution in [1.82, 2.24) is 15.1 Å². The van der Waals surface area contributed by atoms with Crippen molar-refractivity contribution in [2.24, 2.45) is 0 Å². The minimum atomic E-state index is -0.274. The molecule has 0 aliphatic carbocycles. The van der Waals surface area contributed by atoms with Crippen LogP contribution in [-0.2, 0) is 11.3 Å². The molecule has 100 valence electrons. The Morgan fingerprint density at radius 1 is 1.42 bits per heavy atom. The van der Waals surface area contributed by atoms with Gasteiger partial charge in [-0.3, -0.25) is 4.79 Å². The highest BCUT2D eigenvalue weighted by molar-refractivity contribution is 8.01. The molecule has 0 bridgehead atoms. The van der Waals surface area contributed by atoms with E-state index in [0.717, 1.165) is 9.90 Å². The zero-order valence-electron chi connectivity index (χ0n) is 10.2. The van der Waals surface area contributed by atoms with E-state index in [0.29, 0.717) is 12.3 Å². The van der Waals surface area contributed by atoms with Gasteiger partial charge in [-0.2, -0.15) is 0 Å². The van der Waals surface area contributed by atoms with Crippen LogP contribution in [0, 0.1) is 5.82 Å². The summed E-state index contributed by atoms with van der Waals surface area (Å²) in [5.41, 5.74) is 2.54. The van der Waals surface area contributed by atoms with Crippen LogP contribution in [0.15, 0.2) is 34.1 Å². The van der Waals surface area contributed by atoms with E-state index in [2.05, 4.69) is 10.2 Å². The molecule has 0 radical (unpaired) electrons. The number of aromatic nitrogens is 2. The van der Waals surface area contributed by atoms with Gasteiger partial charge in [0.1, 0.15) is 11.3 Å². The van der Waals surface area contributed by atoms with Crippen LogP contribution >= 0.6 is 23.1 Å². The highest BCUT2D eigenvalue weighted by Crippen LogP contribution is 2.19. The maximum atomic E-state index is 12.8. The molecular formula is C12H12FN3OS2. The van der Waals surface area contributed by atoms with E-state index in [1.165, 1.54) is 35.2 Å². The topological polar surface area (TPSA) is 46.1 Å². The van der Waals surface area contributed by atoms with E-state index in [9.17, 15) is 9.18 Å². The predicted molar refractivity (Wildman–Crippen MR) is 73.5 cm³/mol. The number of carbonyl (C=O) groups is 1. The summed E-state index contributed by atoms with van der Waals surface area (Å²) in [4.78, 5) is 13.5. The standard InChI is InChI=1S/C12H12FN3OS2/c1-16(6-9-2-4-10(13)5-3-9)11(17)7-18-12-15-14-8-19-12/h2-5,8H,6-7H2,1H3. The Labute approximate surface area is 118 Å². The second-order valence-electron chi connectivity index (χ2n) is 3.87. The van der Waals surface area contributed by atoms with Gasteiger partial charge < -0.3 is 4.90 Å². The number of hydrogen-bond donors (Lipinski definition) is 0. The van der Waals surface area contributed by atoms with E-state index >= 15 is 0 Å². The van der Waals surface area contributed by atoms with Gasteiger partial charge in [0.2, 0.25) is 5.91 Å². The minimum absolute atomic E-state index is 0.00419. The summed E-state index contributed by atoms with van der Waals surface area (Å²) >= 11 is 2.78. The summed E-state index contributed by atoms with van der Waals surface area (Å²) in [6, 6.07) is 6.14. The Morgan fingerprint density at radius 2 is 2.16 bits per heavy atom. The van der Waals surface area contributed by atoms with Crippen LogP contribution in [0.3, 0.4) is 0 Å². The van der Waals surface area contributed by atoms with Gasteiger partial charge in [-0.25, -0.2) is 4.39 Å². The first kappa shape index (κ1) is 14.0. The van der Waals surface area contributed by atoms with E-state index in [1.807, 2.05) is 0 Å². The van der Waals surface area contributed by atoms with Crippen LogP contribution in [0.5, 0.6) is 0 Å². The largest absolute Gasteiger partial charge is 0.341 e. The first-order chi connectivity index (χ1) is 9.15. The molecule has 19 heavy (non-hydrogen) atoms. The Morgan fingerprint density at radius 3 is 2.79 bits per heavy atom. The van der Waals surface area contributed by atoms with E-state index < -0.39 is 0 Å². The monoisotopic (exact) mass is 297 g/mol. The molecule has 0 saturated carbocycles. The quantitative estimate of drug-likeness (QED) is 0.795. The van der Waals surface area contributed by atoms with Gasteiger partial charge in [0, 0.05) is 13.6 Å². The first-order valence-corrected chi connectivity index (χ1v) is 7.39. The predicted octanol–water partition coefficient (Wildman–Crippen LogP) is 2.43. The van der Waals surface area contributed by atoms with E-state index in [1.54, 1.807) is 29.6 Å². The molecule has 4 nitrogen and oxygen atoms in total. The number of thioether (sulfide) groups is 1. The second-order valence-corrected chi connectivity index (χ2v) is 5.93. The highest BCUT2D eigenvalue weighted by Gasteiger charge is 2.11. The molecule has 2 rings (SSSR count). The molecule has 0 fully saturated rings. The molecule has 0 N–H and O–H groups in total. The third-order valence-electron chi connectivity index (χ3n) is 2.42. The molecule has 1 heterocycles. The molecule has 7 heteroatoms. The van der Waals surface area contributed by atoms with Crippen LogP contribution in [0.25, 0.3) is 0 Å². The first-order valence-electron chi connectivity index (χ1n) is 5.52. The number of benzene rings is 1. The van der Waals surface area contributed by atoms with Crippen molar-refractivity contribution in [2.75, 3.05) is 12.8 Å². The van der Waals surface area contributed by atoms with Crippen LogP contribution < -0.4 is 0 Å². The Kier molecular flexibility index (Phi) is 4.86. The summed E-state index contributed by atoms with van der Waals surface area (Å²) in [6.45, 7) is 0.468. The average Bonchev–Trinajstić information content (AvgIpc) is 2.91.